The van der Waals surface area contributed by atoms with Gasteiger partial charge in [0.25, 0.3) is 0 Å². The zero-order valence-corrected chi connectivity index (χ0v) is 9.00. The number of hydrogen-bond acceptors (Lipinski definition) is 2. The Bertz CT molecular complexity index is 204. The summed E-state index contributed by atoms with van der Waals surface area (Å²) in [6.07, 6.45) is 5.78. The zero-order chi connectivity index (χ0) is 10.1. The van der Waals surface area contributed by atoms with Crippen molar-refractivity contribution in [3.8, 4) is 0 Å². The number of aliphatic hydroxyl groups is 1. The maximum Gasteiger partial charge on any atom is 0.0800 e. The van der Waals surface area contributed by atoms with Crippen LogP contribution in [0.15, 0.2) is 12.2 Å². The van der Waals surface area contributed by atoms with E-state index >= 15 is 0 Å². The summed E-state index contributed by atoms with van der Waals surface area (Å²) in [5, 5.41) is 9.70. The Kier molecular flexibility index (Phi) is 2.83. The van der Waals surface area contributed by atoms with E-state index in [1.54, 1.807) is 7.11 Å². The summed E-state index contributed by atoms with van der Waals surface area (Å²) in [5.41, 5.74) is -0.729. The molecule has 0 radical (unpaired) electrons. The van der Waals surface area contributed by atoms with Gasteiger partial charge in [-0.25, -0.2) is 0 Å². The Labute approximate surface area is 80.6 Å². The molecule has 0 aromatic carbocycles. The predicted octanol–water partition coefficient (Wildman–Crippen LogP) is 2.13. The first kappa shape index (κ1) is 10.7. The van der Waals surface area contributed by atoms with Crippen LogP contribution in [-0.4, -0.2) is 23.4 Å². The zero-order valence-electron chi connectivity index (χ0n) is 9.00. The molecular formula is C11H20O2. The SMILES string of the molecule is COC(C)(C)C1C=CC(C)(O)CC1. The topological polar surface area (TPSA) is 29.5 Å². The molecule has 0 amide bonds. The van der Waals surface area contributed by atoms with Gasteiger partial charge >= 0.3 is 0 Å². The predicted molar refractivity (Wildman–Crippen MR) is 53.6 cm³/mol. The van der Waals surface area contributed by atoms with Crippen LogP contribution in [0.3, 0.4) is 0 Å². The third kappa shape index (κ3) is 2.55. The van der Waals surface area contributed by atoms with Gasteiger partial charge in [-0.15, -0.1) is 0 Å². The van der Waals surface area contributed by atoms with Crippen molar-refractivity contribution < 1.29 is 9.84 Å². The molecule has 0 spiro atoms. The molecule has 0 aliphatic heterocycles. The molecule has 2 heteroatoms. The number of ether oxygens (including phenoxy) is 1. The standard InChI is InChI=1S/C11H20O2/c1-10(2,13-4)9-5-7-11(3,12)8-6-9/h5,7,9,12H,6,8H2,1-4H3. The monoisotopic (exact) mass is 184 g/mol. The summed E-state index contributed by atoms with van der Waals surface area (Å²) in [7, 11) is 1.74. The van der Waals surface area contributed by atoms with E-state index in [4.69, 9.17) is 4.74 Å². The molecule has 76 valence electrons. The largest absolute Gasteiger partial charge is 0.386 e. The fourth-order valence-corrected chi connectivity index (χ4v) is 1.68. The minimum Gasteiger partial charge on any atom is -0.386 e. The van der Waals surface area contributed by atoms with Gasteiger partial charge in [0.05, 0.1) is 11.2 Å². The summed E-state index contributed by atoms with van der Waals surface area (Å²) in [6, 6.07) is 0. The minimum absolute atomic E-state index is 0.118. The van der Waals surface area contributed by atoms with Crippen molar-refractivity contribution in [1.29, 1.82) is 0 Å². The Morgan fingerprint density at radius 3 is 2.54 bits per heavy atom. The second kappa shape index (κ2) is 3.43. The van der Waals surface area contributed by atoms with Gasteiger partial charge in [-0.05, 0) is 33.6 Å². The van der Waals surface area contributed by atoms with Crippen molar-refractivity contribution in [3.05, 3.63) is 12.2 Å². The van der Waals surface area contributed by atoms with Gasteiger partial charge in [0.1, 0.15) is 0 Å². The fourth-order valence-electron chi connectivity index (χ4n) is 1.68. The molecule has 2 unspecified atom stereocenters. The molecule has 0 saturated heterocycles. The summed E-state index contributed by atoms with van der Waals surface area (Å²) < 4.78 is 5.41. The van der Waals surface area contributed by atoms with Crippen LogP contribution < -0.4 is 0 Å². The van der Waals surface area contributed by atoms with Gasteiger partial charge in [0, 0.05) is 13.0 Å². The molecular weight excluding hydrogens is 164 g/mol. The lowest BCUT2D eigenvalue weighted by molar-refractivity contribution is -0.0265. The fraction of sp³-hybridized carbons (Fsp3) is 0.818. The van der Waals surface area contributed by atoms with Crippen LogP contribution in [0, 0.1) is 5.92 Å². The first-order valence-corrected chi connectivity index (χ1v) is 4.84. The molecule has 0 aromatic heterocycles. The van der Waals surface area contributed by atoms with E-state index in [0.717, 1.165) is 12.8 Å². The van der Waals surface area contributed by atoms with Gasteiger partial charge in [0.15, 0.2) is 0 Å². The molecule has 13 heavy (non-hydrogen) atoms. The maximum absolute atomic E-state index is 9.70. The molecule has 0 bridgehead atoms. The van der Waals surface area contributed by atoms with Crippen LogP contribution in [0.25, 0.3) is 0 Å². The Morgan fingerprint density at radius 2 is 2.15 bits per heavy atom. The molecule has 0 fully saturated rings. The third-order valence-corrected chi connectivity index (χ3v) is 3.07. The first-order valence-electron chi connectivity index (χ1n) is 4.84. The number of rotatable bonds is 2. The Hall–Kier alpha value is -0.340. The van der Waals surface area contributed by atoms with Crippen molar-refractivity contribution in [3.63, 3.8) is 0 Å². The van der Waals surface area contributed by atoms with Crippen molar-refractivity contribution in [2.75, 3.05) is 7.11 Å². The Balaban J connectivity index is 2.68. The van der Waals surface area contributed by atoms with Crippen molar-refractivity contribution in [2.24, 2.45) is 5.92 Å². The second-order valence-electron chi connectivity index (χ2n) is 4.67. The van der Waals surface area contributed by atoms with E-state index in [1.807, 2.05) is 13.0 Å². The van der Waals surface area contributed by atoms with E-state index in [2.05, 4.69) is 19.9 Å². The van der Waals surface area contributed by atoms with Crippen LogP contribution in [-0.2, 0) is 4.74 Å². The summed E-state index contributed by atoms with van der Waals surface area (Å²) in [4.78, 5) is 0. The first-order chi connectivity index (χ1) is 5.87. The normalized spacial score (nSPS) is 35.0. The van der Waals surface area contributed by atoms with E-state index in [1.165, 1.54) is 0 Å². The highest BCUT2D eigenvalue weighted by Crippen LogP contribution is 2.33. The lowest BCUT2D eigenvalue weighted by Crippen LogP contribution is -2.37. The molecule has 2 atom stereocenters. The van der Waals surface area contributed by atoms with Crippen LogP contribution in [0.2, 0.25) is 0 Å². The number of methoxy groups -OCH3 is 1. The van der Waals surface area contributed by atoms with Crippen LogP contribution in [0.1, 0.15) is 33.6 Å². The van der Waals surface area contributed by atoms with Gasteiger partial charge in [-0.2, -0.15) is 0 Å². The van der Waals surface area contributed by atoms with Crippen LogP contribution in [0.4, 0.5) is 0 Å². The maximum atomic E-state index is 9.70. The molecule has 1 N–H and O–H groups in total. The summed E-state index contributed by atoms with van der Waals surface area (Å²) >= 11 is 0. The lowest BCUT2D eigenvalue weighted by Gasteiger charge is -2.36. The minimum atomic E-state index is -0.611. The highest BCUT2D eigenvalue weighted by atomic mass is 16.5. The second-order valence-corrected chi connectivity index (χ2v) is 4.67. The smallest absolute Gasteiger partial charge is 0.0800 e. The van der Waals surface area contributed by atoms with Crippen molar-refractivity contribution in [1.82, 2.24) is 0 Å². The average molecular weight is 184 g/mol. The average Bonchev–Trinajstić information content (AvgIpc) is 2.04. The molecule has 1 aliphatic carbocycles. The molecule has 2 nitrogen and oxygen atoms in total. The van der Waals surface area contributed by atoms with E-state index < -0.39 is 5.60 Å². The van der Waals surface area contributed by atoms with Gasteiger partial charge < -0.3 is 9.84 Å². The van der Waals surface area contributed by atoms with E-state index in [-0.39, 0.29) is 5.60 Å². The highest BCUT2D eigenvalue weighted by molar-refractivity contribution is 5.09. The highest BCUT2D eigenvalue weighted by Gasteiger charge is 2.32. The molecule has 0 aromatic rings. The van der Waals surface area contributed by atoms with Crippen molar-refractivity contribution in [2.45, 2.75) is 44.8 Å². The van der Waals surface area contributed by atoms with E-state index in [9.17, 15) is 5.11 Å². The van der Waals surface area contributed by atoms with E-state index in [0.29, 0.717) is 5.92 Å². The molecule has 0 saturated carbocycles. The molecule has 1 rings (SSSR count). The van der Waals surface area contributed by atoms with Gasteiger partial charge in [-0.3, -0.25) is 0 Å². The summed E-state index contributed by atoms with van der Waals surface area (Å²) in [6.45, 7) is 6.02. The molecule has 0 heterocycles. The van der Waals surface area contributed by atoms with Gasteiger partial charge in [0.2, 0.25) is 0 Å². The Morgan fingerprint density at radius 1 is 1.54 bits per heavy atom. The lowest BCUT2D eigenvalue weighted by atomic mass is 9.78. The number of hydrogen-bond donors (Lipinski definition) is 1. The van der Waals surface area contributed by atoms with Crippen LogP contribution in [0.5, 0.6) is 0 Å². The quantitative estimate of drug-likeness (QED) is 0.666. The van der Waals surface area contributed by atoms with Crippen LogP contribution >= 0.6 is 0 Å². The summed E-state index contributed by atoms with van der Waals surface area (Å²) in [5.74, 6) is 0.415. The third-order valence-electron chi connectivity index (χ3n) is 3.07. The molecule has 1 aliphatic rings. The van der Waals surface area contributed by atoms with Gasteiger partial charge in [-0.1, -0.05) is 12.2 Å². The van der Waals surface area contributed by atoms with Crippen molar-refractivity contribution >= 4 is 0 Å².